The van der Waals surface area contributed by atoms with Crippen LogP contribution >= 0.6 is 0 Å². The minimum Gasteiger partial charge on any atom is -0.497 e. The van der Waals surface area contributed by atoms with Gasteiger partial charge < -0.3 is 14.4 Å². The zero-order chi connectivity index (χ0) is 13.7. The number of methoxy groups -OCH3 is 1. The van der Waals surface area contributed by atoms with Crippen LogP contribution in [0.25, 0.3) is 0 Å². The van der Waals surface area contributed by atoms with Gasteiger partial charge in [-0.2, -0.15) is 0 Å². The number of carbonyl (C=O) groups is 1. The first-order valence-electron chi connectivity index (χ1n) is 6.68. The summed E-state index contributed by atoms with van der Waals surface area (Å²) in [7, 11) is 3.69. The lowest BCUT2D eigenvalue weighted by atomic mass is 10.1. The zero-order valence-corrected chi connectivity index (χ0v) is 11.6. The molecule has 0 aliphatic carbocycles. The summed E-state index contributed by atoms with van der Waals surface area (Å²) in [5, 5.41) is 0. The molecule has 0 bridgehead atoms. The molecule has 19 heavy (non-hydrogen) atoms. The first kappa shape index (κ1) is 13.9. The Bertz CT molecular complexity index is 416. The quantitative estimate of drug-likeness (QED) is 0.777. The van der Waals surface area contributed by atoms with Crippen molar-refractivity contribution >= 4 is 5.97 Å². The third-order valence-electron chi connectivity index (χ3n) is 3.39. The van der Waals surface area contributed by atoms with Gasteiger partial charge in [-0.25, -0.2) is 0 Å². The Balaban J connectivity index is 1.83. The van der Waals surface area contributed by atoms with E-state index in [1.807, 2.05) is 24.3 Å². The molecular formula is C15H21NO3. The molecule has 0 unspecified atom stereocenters. The molecule has 0 saturated carbocycles. The molecular weight excluding hydrogens is 242 g/mol. The van der Waals surface area contributed by atoms with E-state index in [0.717, 1.165) is 37.2 Å². The van der Waals surface area contributed by atoms with Gasteiger partial charge in [0.25, 0.3) is 0 Å². The van der Waals surface area contributed by atoms with Crippen molar-refractivity contribution in [1.29, 1.82) is 0 Å². The highest BCUT2D eigenvalue weighted by atomic mass is 16.5. The van der Waals surface area contributed by atoms with Crippen LogP contribution in [-0.2, 0) is 16.0 Å². The van der Waals surface area contributed by atoms with Crippen molar-refractivity contribution in [2.24, 2.45) is 0 Å². The molecule has 0 spiro atoms. The Morgan fingerprint density at radius 1 is 1.37 bits per heavy atom. The number of likely N-dealkylation sites (tertiary alicyclic amines) is 1. The highest BCUT2D eigenvalue weighted by Gasteiger charge is 2.20. The number of likely N-dealkylation sites (N-methyl/N-ethyl adjacent to an activating group) is 1. The Labute approximate surface area is 114 Å². The van der Waals surface area contributed by atoms with E-state index in [2.05, 4.69) is 11.9 Å². The standard InChI is InChI=1S/C15H21NO3/c1-16-9-3-4-14(11-16)19-15(17)10-12-5-7-13(18-2)8-6-12/h5-8,14H,3-4,9-11H2,1-2H3/t14-/m1/s1. The van der Waals surface area contributed by atoms with Gasteiger partial charge in [-0.1, -0.05) is 12.1 Å². The molecule has 1 saturated heterocycles. The summed E-state index contributed by atoms with van der Waals surface area (Å²) in [5.74, 6) is 0.650. The zero-order valence-electron chi connectivity index (χ0n) is 11.6. The molecule has 0 aromatic heterocycles. The van der Waals surface area contributed by atoms with Crippen molar-refractivity contribution in [2.75, 3.05) is 27.2 Å². The second kappa shape index (κ2) is 6.57. The molecule has 4 heteroatoms. The molecule has 1 heterocycles. The fraction of sp³-hybridized carbons (Fsp3) is 0.533. The lowest BCUT2D eigenvalue weighted by Crippen LogP contribution is -2.38. The van der Waals surface area contributed by atoms with Gasteiger partial charge in [-0.05, 0) is 44.1 Å². The molecule has 0 amide bonds. The Morgan fingerprint density at radius 2 is 2.11 bits per heavy atom. The smallest absolute Gasteiger partial charge is 0.310 e. The fourth-order valence-corrected chi connectivity index (χ4v) is 2.35. The Kier molecular flexibility index (Phi) is 4.80. The number of nitrogens with zero attached hydrogens (tertiary/aromatic N) is 1. The normalized spacial score (nSPS) is 20.0. The molecule has 0 N–H and O–H groups in total. The predicted molar refractivity (Wildman–Crippen MR) is 73.3 cm³/mol. The van der Waals surface area contributed by atoms with Gasteiger partial charge in [-0.3, -0.25) is 4.79 Å². The van der Waals surface area contributed by atoms with E-state index in [1.54, 1.807) is 7.11 Å². The second-order valence-corrected chi connectivity index (χ2v) is 5.04. The molecule has 1 fully saturated rings. The number of hydrogen-bond acceptors (Lipinski definition) is 4. The van der Waals surface area contributed by atoms with Gasteiger partial charge in [0.15, 0.2) is 0 Å². The molecule has 1 aliphatic rings. The van der Waals surface area contributed by atoms with Gasteiger partial charge in [0.1, 0.15) is 11.9 Å². The molecule has 104 valence electrons. The lowest BCUT2D eigenvalue weighted by molar-refractivity contribution is -0.150. The van der Waals surface area contributed by atoms with E-state index in [4.69, 9.17) is 9.47 Å². The lowest BCUT2D eigenvalue weighted by Gasteiger charge is -2.29. The van der Waals surface area contributed by atoms with Crippen LogP contribution in [-0.4, -0.2) is 44.2 Å². The molecule has 2 rings (SSSR count). The minimum atomic E-state index is -0.148. The monoisotopic (exact) mass is 263 g/mol. The molecule has 1 atom stereocenters. The summed E-state index contributed by atoms with van der Waals surface area (Å²) in [6.45, 7) is 1.93. The Morgan fingerprint density at radius 3 is 2.74 bits per heavy atom. The second-order valence-electron chi connectivity index (χ2n) is 5.04. The molecule has 0 radical (unpaired) electrons. The number of piperidine rings is 1. The maximum absolute atomic E-state index is 11.9. The van der Waals surface area contributed by atoms with Crippen LogP contribution in [0.2, 0.25) is 0 Å². The van der Waals surface area contributed by atoms with E-state index in [1.165, 1.54) is 0 Å². The summed E-state index contributed by atoms with van der Waals surface area (Å²) in [4.78, 5) is 14.1. The number of benzene rings is 1. The predicted octanol–water partition coefficient (Wildman–Crippen LogP) is 1.88. The van der Waals surface area contributed by atoms with Gasteiger partial charge in [0.2, 0.25) is 0 Å². The van der Waals surface area contributed by atoms with Crippen LogP contribution in [0.3, 0.4) is 0 Å². The fourth-order valence-electron chi connectivity index (χ4n) is 2.35. The van der Waals surface area contributed by atoms with Crippen molar-refractivity contribution in [2.45, 2.75) is 25.4 Å². The van der Waals surface area contributed by atoms with Crippen LogP contribution in [0.5, 0.6) is 5.75 Å². The molecule has 1 aliphatic heterocycles. The van der Waals surface area contributed by atoms with Crippen LogP contribution in [0, 0.1) is 0 Å². The number of ether oxygens (including phenoxy) is 2. The highest BCUT2D eigenvalue weighted by molar-refractivity contribution is 5.72. The number of esters is 1. The molecule has 4 nitrogen and oxygen atoms in total. The van der Waals surface area contributed by atoms with E-state index >= 15 is 0 Å². The topological polar surface area (TPSA) is 38.8 Å². The van der Waals surface area contributed by atoms with Crippen LogP contribution in [0.1, 0.15) is 18.4 Å². The summed E-state index contributed by atoms with van der Waals surface area (Å²) in [6, 6.07) is 7.51. The first-order valence-corrected chi connectivity index (χ1v) is 6.68. The maximum atomic E-state index is 11.9. The van der Waals surface area contributed by atoms with Crippen LogP contribution in [0.15, 0.2) is 24.3 Å². The van der Waals surface area contributed by atoms with Gasteiger partial charge in [-0.15, -0.1) is 0 Å². The van der Waals surface area contributed by atoms with Gasteiger partial charge in [0, 0.05) is 6.54 Å². The van der Waals surface area contributed by atoms with E-state index < -0.39 is 0 Å². The number of rotatable bonds is 4. The van der Waals surface area contributed by atoms with E-state index in [9.17, 15) is 4.79 Å². The minimum absolute atomic E-state index is 0.0458. The van der Waals surface area contributed by atoms with E-state index in [-0.39, 0.29) is 12.1 Å². The summed E-state index contributed by atoms with van der Waals surface area (Å²) in [5.41, 5.74) is 0.954. The first-order chi connectivity index (χ1) is 9.17. The van der Waals surface area contributed by atoms with Gasteiger partial charge >= 0.3 is 5.97 Å². The summed E-state index contributed by atoms with van der Waals surface area (Å²) < 4.78 is 10.6. The average molecular weight is 263 g/mol. The van der Waals surface area contributed by atoms with Crippen molar-refractivity contribution in [3.63, 3.8) is 0 Å². The van der Waals surface area contributed by atoms with Crippen molar-refractivity contribution in [3.8, 4) is 5.75 Å². The highest BCUT2D eigenvalue weighted by Crippen LogP contribution is 2.15. The van der Waals surface area contributed by atoms with Crippen molar-refractivity contribution in [3.05, 3.63) is 29.8 Å². The number of hydrogen-bond donors (Lipinski definition) is 0. The summed E-state index contributed by atoms with van der Waals surface area (Å²) in [6.07, 6.45) is 2.43. The number of carbonyl (C=O) groups excluding carboxylic acids is 1. The molecule has 1 aromatic rings. The maximum Gasteiger partial charge on any atom is 0.310 e. The van der Waals surface area contributed by atoms with Crippen LogP contribution < -0.4 is 4.74 Å². The largest absolute Gasteiger partial charge is 0.497 e. The van der Waals surface area contributed by atoms with Crippen molar-refractivity contribution < 1.29 is 14.3 Å². The third-order valence-corrected chi connectivity index (χ3v) is 3.39. The molecule has 1 aromatic carbocycles. The summed E-state index contributed by atoms with van der Waals surface area (Å²) >= 11 is 0. The average Bonchev–Trinajstić information content (AvgIpc) is 2.39. The van der Waals surface area contributed by atoms with Crippen LogP contribution in [0.4, 0.5) is 0 Å². The van der Waals surface area contributed by atoms with E-state index in [0.29, 0.717) is 6.42 Å². The van der Waals surface area contributed by atoms with Crippen molar-refractivity contribution in [1.82, 2.24) is 4.90 Å². The van der Waals surface area contributed by atoms with Gasteiger partial charge in [0.05, 0.1) is 13.5 Å². The Hall–Kier alpha value is -1.55. The SMILES string of the molecule is COc1ccc(CC(=O)O[C@@H]2CCCN(C)C2)cc1. The third kappa shape index (κ3) is 4.24.